The number of methoxy groups -OCH3 is 1. The highest BCUT2D eigenvalue weighted by atomic mass is 35.5. The van der Waals surface area contributed by atoms with Gasteiger partial charge in [-0.2, -0.15) is 0 Å². The van der Waals surface area contributed by atoms with Crippen LogP contribution >= 0.6 is 11.6 Å². The number of aromatic carboxylic acids is 1. The molecule has 0 radical (unpaired) electrons. The Kier molecular flexibility index (Phi) is 8.52. The Morgan fingerprint density at radius 1 is 1.03 bits per heavy atom. The predicted octanol–water partition coefficient (Wildman–Crippen LogP) is 6.54. The second-order valence-electron chi connectivity index (χ2n) is 10.8. The number of hydrogen-bond acceptors (Lipinski definition) is 5. The Bertz CT molecular complexity index is 1350. The molecule has 2 atom stereocenters. The van der Waals surface area contributed by atoms with Crippen molar-refractivity contribution < 1.29 is 29.3 Å². The molecule has 4 rings (SSSR count). The quantitative estimate of drug-likeness (QED) is 0.346. The summed E-state index contributed by atoms with van der Waals surface area (Å²) in [5.41, 5.74) is 4.16. The van der Waals surface area contributed by atoms with E-state index in [9.17, 15) is 19.8 Å². The molecule has 0 saturated heterocycles. The Labute approximate surface area is 233 Å². The van der Waals surface area contributed by atoms with Gasteiger partial charge in [0.1, 0.15) is 16.9 Å². The minimum atomic E-state index is -1.05. The van der Waals surface area contributed by atoms with Crippen molar-refractivity contribution in [2.24, 2.45) is 0 Å². The van der Waals surface area contributed by atoms with Crippen LogP contribution in [-0.4, -0.2) is 52.5 Å². The molecule has 206 valence electrons. The standard InChI is InChI=1S/C31H34ClNO6/c1-31(2,3)39-30(37)33(18-27(34)20-7-11-24(32)12-8-20)25-13-9-19-5-6-21(15-23(19)16-25)22-10-14-26(29(35)36)28(17-22)38-4/h5-8,10-12,14-15,17,25,27,34H,9,13,16,18H2,1-4H3,(H,35,36). The van der Waals surface area contributed by atoms with Crippen LogP contribution in [0.15, 0.2) is 60.7 Å². The Morgan fingerprint density at radius 3 is 2.33 bits per heavy atom. The third-order valence-corrected chi connectivity index (χ3v) is 7.12. The zero-order valence-corrected chi connectivity index (χ0v) is 23.4. The molecule has 0 saturated carbocycles. The molecule has 0 aliphatic heterocycles. The summed E-state index contributed by atoms with van der Waals surface area (Å²) in [6.07, 6.45) is 0.745. The van der Waals surface area contributed by atoms with E-state index in [1.165, 1.54) is 12.7 Å². The van der Waals surface area contributed by atoms with Crippen LogP contribution in [0.2, 0.25) is 5.02 Å². The molecule has 3 aromatic carbocycles. The summed E-state index contributed by atoms with van der Waals surface area (Å²) < 4.78 is 11.0. The monoisotopic (exact) mass is 551 g/mol. The van der Waals surface area contributed by atoms with E-state index in [0.29, 0.717) is 22.8 Å². The minimum absolute atomic E-state index is 0.0874. The van der Waals surface area contributed by atoms with E-state index in [-0.39, 0.29) is 18.2 Å². The van der Waals surface area contributed by atoms with Gasteiger partial charge in [-0.25, -0.2) is 9.59 Å². The molecule has 0 bridgehead atoms. The van der Waals surface area contributed by atoms with Gasteiger partial charge in [0.25, 0.3) is 0 Å². The zero-order valence-electron chi connectivity index (χ0n) is 22.6. The first-order chi connectivity index (χ1) is 18.4. The molecular formula is C31H34ClNO6. The number of carboxylic acid groups (broad SMARTS) is 1. The SMILES string of the molecule is COc1cc(-c2ccc3c(c2)CC(N(CC(O)c2ccc(Cl)cc2)C(=O)OC(C)(C)C)CC3)ccc1C(=O)O. The summed E-state index contributed by atoms with van der Waals surface area (Å²) in [7, 11) is 1.45. The molecule has 0 spiro atoms. The molecule has 1 aliphatic rings. The second-order valence-corrected chi connectivity index (χ2v) is 11.2. The van der Waals surface area contributed by atoms with Gasteiger partial charge >= 0.3 is 12.1 Å². The third-order valence-electron chi connectivity index (χ3n) is 6.87. The van der Waals surface area contributed by atoms with E-state index in [1.807, 2.05) is 26.8 Å². The first-order valence-electron chi connectivity index (χ1n) is 12.9. The highest BCUT2D eigenvalue weighted by Gasteiger charge is 2.33. The maximum absolute atomic E-state index is 13.3. The average molecular weight is 552 g/mol. The first kappa shape index (κ1) is 28.5. The number of carbonyl (C=O) groups excluding carboxylic acids is 1. The van der Waals surface area contributed by atoms with Gasteiger partial charge in [-0.15, -0.1) is 0 Å². The van der Waals surface area contributed by atoms with Gasteiger partial charge in [-0.3, -0.25) is 0 Å². The lowest BCUT2D eigenvalue weighted by Crippen LogP contribution is -2.47. The number of carboxylic acids is 1. The number of hydrogen-bond donors (Lipinski definition) is 2. The number of aryl methyl sites for hydroxylation is 1. The van der Waals surface area contributed by atoms with Crippen LogP contribution < -0.4 is 4.74 Å². The van der Waals surface area contributed by atoms with Crippen LogP contribution in [0.3, 0.4) is 0 Å². The summed E-state index contributed by atoms with van der Waals surface area (Å²) in [5, 5.41) is 21.0. The number of fused-ring (bicyclic) bond motifs is 1. The number of aliphatic hydroxyl groups excluding tert-OH is 1. The van der Waals surface area contributed by atoms with E-state index in [2.05, 4.69) is 12.1 Å². The molecule has 0 heterocycles. The molecule has 1 aliphatic carbocycles. The molecule has 2 N–H and O–H groups in total. The maximum Gasteiger partial charge on any atom is 0.410 e. The molecule has 1 amide bonds. The zero-order chi connectivity index (χ0) is 28.3. The van der Waals surface area contributed by atoms with E-state index in [4.69, 9.17) is 21.1 Å². The first-order valence-corrected chi connectivity index (χ1v) is 13.3. The fraction of sp³-hybridized carbons (Fsp3) is 0.355. The third kappa shape index (κ3) is 6.91. The van der Waals surface area contributed by atoms with Gasteiger partial charge in [-0.1, -0.05) is 48.0 Å². The smallest absolute Gasteiger partial charge is 0.410 e. The largest absolute Gasteiger partial charge is 0.496 e. The van der Waals surface area contributed by atoms with E-state index in [0.717, 1.165) is 29.5 Å². The minimum Gasteiger partial charge on any atom is -0.496 e. The number of amides is 1. The maximum atomic E-state index is 13.3. The highest BCUT2D eigenvalue weighted by Crippen LogP contribution is 2.33. The number of ether oxygens (including phenoxy) is 2. The van der Waals surface area contributed by atoms with Gasteiger partial charge in [0, 0.05) is 11.1 Å². The predicted molar refractivity (Wildman–Crippen MR) is 151 cm³/mol. The van der Waals surface area contributed by atoms with E-state index >= 15 is 0 Å². The fourth-order valence-corrected chi connectivity index (χ4v) is 5.03. The highest BCUT2D eigenvalue weighted by molar-refractivity contribution is 6.30. The van der Waals surface area contributed by atoms with Crippen LogP contribution in [0.1, 0.15) is 60.3 Å². The lowest BCUT2D eigenvalue weighted by atomic mass is 9.85. The van der Waals surface area contributed by atoms with Gasteiger partial charge in [0.2, 0.25) is 0 Å². The van der Waals surface area contributed by atoms with E-state index < -0.39 is 23.8 Å². The van der Waals surface area contributed by atoms with Crippen molar-refractivity contribution in [2.75, 3.05) is 13.7 Å². The topological polar surface area (TPSA) is 96.3 Å². The molecule has 7 nitrogen and oxygen atoms in total. The number of aliphatic hydroxyl groups is 1. The molecule has 8 heteroatoms. The van der Waals surface area contributed by atoms with Crippen molar-refractivity contribution in [2.45, 2.75) is 57.8 Å². The summed E-state index contributed by atoms with van der Waals surface area (Å²) in [6, 6.07) is 18.0. The van der Waals surface area contributed by atoms with Crippen LogP contribution in [-0.2, 0) is 17.6 Å². The van der Waals surface area contributed by atoms with Crippen molar-refractivity contribution in [1.29, 1.82) is 0 Å². The van der Waals surface area contributed by atoms with Crippen molar-refractivity contribution in [3.63, 3.8) is 0 Å². The van der Waals surface area contributed by atoms with Crippen molar-refractivity contribution in [3.05, 3.63) is 87.9 Å². The van der Waals surface area contributed by atoms with Crippen LogP contribution in [0.4, 0.5) is 4.79 Å². The molecule has 39 heavy (non-hydrogen) atoms. The Balaban J connectivity index is 1.61. The molecule has 0 fully saturated rings. The van der Waals surface area contributed by atoms with Crippen molar-refractivity contribution >= 4 is 23.7 Å². The number of halogens is 1. The van der Waals surface area contributed by atoms with Crippen molar-refractivity contribution in [3.8, 4) is 16.9 Å². The lowest BCUT2D eigenvalue weighted by molar-refractivity contribution is 0.00194. The van der Waals surface area contributed by atoms with Crippen LogP contribution in [0, 0.1) is 0 Å². The summed E-state index contributed by atoms with van der Waals surface area (Å²) in [4.78, 5) is 26.5. The van der Waals surface area contributed by atoms with Crippen LogP contribution in [0.25, 0.3) is 11.1 Å². The van der Waals surface area contributed by atoms with Crippen molar-refractivity contribution in [1.82, 2.24) is 4.90 Å². The average Bonchev–Trinajstić information content (AvgIpc) is 2.89. The normalized spacial score (nSPS) is 15.7. The number of benzene rings is 3. The Hall–Kier alpha value is -3.55. The van der Waals surface area contributed by atoms with Gasteiger partial charge in [0.05, 0.1) is 19.8 Å². The Morgan fingerprint density at radius 2 is 1.69 bits per heavy atom. The number of carbonyl (C=O) groups is 2. The van der Waals surface area contributed by atoms with E-state index in [1.54, 1.807) is 47.4 Å². The fourth-order valence-electron chi connectivity index (χ4n) is 4.90. The van der Waals surface area contributed by atoms with Gasteiger partial charge in [-0.05, 0) is 92.1 Å². The number of rotatable bonds is 7. The molecule has 2 unspecified atom stereocenters. The van der Waals surface area contributed by atoms with Gasteiger partial charge in [0.15, 0.2) is 0 Å². The van der Waals surface area contributed by atoms with Gasteiger partial charge < -0.3 is 24.6 Å². The summed E-state index contributed by atoms with van der Waals surface area (Å²) >= 11 is 6.01. The molecule has 0 aromatic heterocycles. The van der Waals surface area contributed by atoms with Crippen LogP contribution in [0.5, 0.6) is 5.75 Å². The lowest BCUT2D eigenvalue weighted by Gasteiger charge is -2.37. The number of nitrogens with zero attached hydrogens (tertiary/aromatic N) is 1. The molecular weight excluding hydrogens is 518 g/mol. The second kappa shape index (κ2) is 11.7. The summed E-state index contributed by atoms with van der Waals surface area (Å²) in [6.45, 7) is 5.56. The summed E-state index contributed by atoms with van der Waals surface area (Å²) in [5.74, 6) is -0.752. The molecule has 3 aromatic rings.